The molecule has 0 unspecified atom stereocenters. The quantitative estimate of drug-likeness (QED) is 0.880. The fraction of sp³-hybridized carbons (Fsp3) is 0.500. The molecular formula is C20H26N4O. The van der Waals surface area contributed by atoms with Gasteiger partial charge in [0.25, 0.3) is 0 Å². The second kappa shape index (κ2) is 7.00. The molecule has 0 spiro atoms. The Hall–Kier alpha value is -2.14. The molecule has 1 aliphatic heterocycles. The Morgan fingerprint density at radius 2 is 2.28 bits per heavy atom. The summed E-state index contributed by atoms with van der Waals surface area (Å²) in [7, 11) is 0. The Balaban J connectivity index is 1.40. The molecule has 2 aromatic rings. The van der Waals surface area contributed by atoms with E-state index in [-0.39, 0.29) is 11.3 Å². The molecule has 2 N–H and O–H groups in total. The lowest BCUT2D eigenvalue weighted by Gasteiger charge is -2.37. The van der Waals surface area contributed by atoms with Crippen molar-refractivity contribution in [3.8, 4) is 0 Å². The summed E-state index contributed by atoms with van der Waals surface area (Å²) >= 11 is 0. The lowest BCUT2D eigenvalue weighted by atomic mass is 9.67. The SMILES string of the molecule is O=C(NCc1cccc(Cn2ccnc2)c1)[C@@]12CCCC[C@H]1CNC2. The van der Waals surface area contributed by atoms with Crippen LogP contribution in [-0.4, -0.2) is 28.5 Å². The van der Waals surface area contributed by atoms with Gasteiger partial charge in [-0.25, -0.2) is 4.98 Å². The molecule has 4 rings (SSSR count). The summed E-state index contributed by atoms with van der Waals surface area (Å²) in [6.07, 6.45) is 10.2. The number of hydrogen-bond donors (Lipinski definition) is 2. The van der Waals surface area contributed by atoms with Gasteiger partial charge in [0.1, 0.15) is 0 Å². The Bertz CT molecular complexity index is 727. The van der Waals surface area contributed by atoms with Crippen LogP contribution in [0.2, 0.25) is 0 Å². The number of aromatic nitrogens is 2. The highest BCUT2D eigenvalue weighted by Crippen LogP contribution is 2.43. The molecular weight excluding hydrogens is 312 g/mol. The molecule has 1 aliphatic carbocycles. The summed E-state index contributed by atoms with van der Waals surface area (Å²) in [5.41, 5.74) is 2.20. The first-order valence-electron chi connectivity index (χ1n) is 9.29. The van der Waals surface area contributed by atoms with Crippen LogP contribution in [0, 0.1) is 11.3 Å². The van der Waals surface area contributed by atoms with Crippen molar-refractivity contribution < 1.29 is 4.79 Å². The molecule has 1 aromatic heterocycles. The largest absolute Gasteiger partial charge is 0.351 e. The number of hydrogen-bond acceptors (Lipinski definition) is 3. The van der Waals surface area contributed by atoms with Crippen LogP contribution in [0.5, 0.6) is 0 Å². The van der Waals surface area contributed by atoms with Gasteiger partial charge in [0.05, 0.1) is 11.7 Å². The molecule has 1 saturated carbocycles. The number of amides is 1. The summed E-state index contributed by atoms with van der Waals surface area (Å²) in [6, 6.07) is 8.43. The summed E-state index contributed by atoms with van der Waals surface area (Å²) in [5.74, 6) is 0.746. The van der Waals surface area contributed by atoms with Crippen LogP contribution < -0.4 is 10.6 Å². The number of benzene rings is 1. The zero-order valence-electron chi connectivity index (χ0n) is 14.6. The fourth-order valence-electron chi connectivity index (χ4n) is 4.48. The van der Waals surface area contributed by atoms with E-state index in [1.807, 2.05) is 17.1 Å². The van der Waals surface area contributed by atoms with Crippen LogP contribution >= 0.6 is 0 Å². The molecule has 1 aromatic carbocycles. The van der Waals surface area contributed by atoms with Crippen LogP contribution in [-0.2, 0) is 17.9 Å². The average molecular weight is 338 g/mol. The minimum absolute atomic E-state index is 0.174. The second-order valence-electron chi connectivity index (χ2n) is 7.47. The number of fused-ring (bicyclic) bond motifs is 1. The van der Waals surface area contributed by atoms with E-state index in [1.54, 1.807) is 6.20 Å². The first-order chi connectivity index (χ1) is 12.3. The van der Waals surface area contributed by atoms with Gasteiger partial charge in [0.15, 0.2) is 0 Å². The van der Waals surface area contributed by atoms with Gasteiger partial charge in [0.2, 0.25) is 5.91 Å². The smallest absolute Gasteiger partial charge is 0.228 e. The monoisotopic (exact) mass is 338 g/mol. The van der Waals surface area contributed by atoms with Gasteiger partial charge in [0, 0.05) is 32.0 Å². The van der Waals surface area contributed by atoms with E-state index < -0.39 is 0 Å². The summed E-state index contributed by atoms with van der Waals surface area (Å²) in [5, 5.41) is 6.67. The summed E-state index contributed by atoms with van der Waals surface area (Å²) in [4.78, 5) is 17.0. The van der Waals surface area contributed by atoms with Gasteiger partial charge in [-0.3, -0.25) is 4.79 Å². The Kier molecular flexibility index (Phi) is 4.57. The van der Waals surface area contributed by atoms with Gasteiger partial charge in [-0.15, -0.1) is 0 Å². The minimum Gasteiger partial charge on any atom is -0.351 e. The van der Waals surface area contributed by atoms with Crippen molar-refractivity contribution in [1.82, 2.24) is 20.2 Å². The van der Waals surface area contributed by atoms with Crippen molar-refractivity contribution in [3.05, 3.63) is 54.1 Å². The maximum Gasteiger partial charge on any atom is 0.228 e. The lowest BCUT2D eigenvalue weighted by Crippen LogP contribution is -2.47. The van der Waals surface area contributed by atoms with Gasteiger partial charge in [-0.05, 0) is 36.4 Å². The number of nitrogens with zero attached hydrogens (tertiary/aromatic N) is 2. The molecule has 2 heterocycles. The standard InChI is InChI=1S/C20H26N4O/c25-19(20-7-2-1-6-18(20)12-22-14-20)23-11-16-4-3-5-17(10-16)13-24-9-8-21-15-24/h3-5,8-10,15,18,22H,1-2,6-7,11-14H2,(H,23,25)/t18-,20+/m0/s1. The maximum atomic E-state index is 13.0. The third kappa shape index (κ3) is 3.33. The predicted octanol–water partition coefficient (Wildman–Crippen LogP) is 2.33. The predicted molar refractivity (Wildman–Crippen MR) is 96.9 cm³/mol. The van der Waals surface area contributed by atoms with E-state index in [0.717, 1.165) is 31.6 Å². The van der Waals surface area contributed by atoms with E-state index in [1.165, 1.54) is 24.8 Å². The Morgan fingerprint density at radius 3 is 3.16 bits per heavy atom. The van der Waals surface area contributed by atoms with Crippen molar-refractivity contribution >= 4 is 5.91 Å². The first kappa shape index (κ1) is 16.3. The third-order valence-electron chi connectivity index (χ3n) is 5.86. The van der Waals surface area contributed by atoms with Crippen molar-refractivity contribution in [2.45, 2.75) is 38.8 Å². The first-order valence-corrected chi connectivity index (χ1v) is 9.29. The highest BCUT2D eigenvalue weighted by atomic mass is 16.2. The zero-order valence-corrected chi connectivity index (χ0v) is 14.6. The molecule has 0 bridgehead atoms. The molecule has 1 amide bonds. The summed E-state index contributed by atoms with van der Waals surface area (Å²) < 4.78 is 2.05. The van der Waals surface area contributed by atoms with E-state index in [4.69, 9.17) is 0 Å². The molecule has 5 nitrogen and oxygen atoms in total. The third-order valence-corrected chi connectivity index (χ3v) is 5.86. The van der Waals surface area contributed by atoms with Gasteiger partial charge >= 0.3 is 0 Å². The van der Waals surface area contributed by atoms with E-state index in [9.17, 15) is 4.79 Å². The molecule has 0 radical (unpaired) electrons. The number of imidazole rings is 1. The Labute approximate surface area is 148 Å². The van der Waals surface area contributed by atoms with Crippen LogP contribution in [0.3, 0.4) is 0 Å². The van der Waals surface area contributed by atoms with Crippen LogP contribution in [0.15, 0.2) is 43.0 Å². The van der Waals surface area contributed by atoms with Gasteiger partial charge in [-0.2, -0.15) is 0 Å². The molecule has 132 valence electrons. The molecule has 25 heavy (non-hydrogen) atoms. The number of carbonyl (C=O) groups is 1. The number of carbonyl (C=O) groups excluding carboxylic acids is 1. The van der Waals surface area contributed by atoms with Crippen molar-refractivity contribution in [1.29, 1.82) is 0 Å². The highest BCUT2D eigenvalue weighted by molar-refractivity contribution is 5.83. The topological polar surface area (TPSA) is 59.0 Å². The van der Waals surface area contributed by atoms with Crippen molar-refractivity contribution in [3.63, 3.8) is 0 Å². The molecule has 1 saturated heterocycles. The number of nitrogens with one attached hydrogen (secondary N) is 2. The summed E-state index contributed by atoms with van der Waals surface area (Å²) in [6.45, 7) is 3.24. The van der Waals surface area contributed by atoms with E-state index in [0.29, 0.717) is 12.5 Å². The Morgan fingerprint density at radius 1 is 1.36 bits per heavy atom. The molecule has 5 heteroatoms. The van der Waals surface area contributed by atoms with Crippen molar-refractivity contribution in [2.75, 3.05) is 13.1 Å². The average Bonchev–Trinajstić information content (AvgIpc) is 3.30. The highest BCUT2D eigenvalue weighted by Gasteiger charge is 2.49. The molecule has 2 fully saturated rings. The van der Waals surface area contributed by atoms with Gasteiger partial charge in [-0.1, -0.05) is 37.1 Å². The van der Waals surface area contributed by atoms with Gasteiger partial charge < -0.3 is 15.2 Å². The van der Waals surface area contributed by atoms with Crippen LogP contribution in [0.4, 0.5) is 0 Å². The van der Waals surface area contributed by atoms with Crippen LogP contribution in [0.25, 0.3) is 0 Å². The minimum atomic E-state index is -0.174. The van der Waals surface area contributed by atoms with E-state index in [2.05, 4.69) is 39.9 Å². The fourth-order valence-corrected chi connectivity index (χ4v) is 4.48. The van der Waals surface area contributed by atoms with Crippen molar-refractivity contribution in [2.24, 2.45) is 11.3 Å². The zero-order chi connectivity index (χ0) is 17.1. The maximum absolute atomic E-state index is 13.0. The normalized spacial score (nSPS) is 25.5. The number of rotatable bonds is 5. The lowest BCUT2D eigenvalue weighted by molar-refractivity contribution is -0.134. The second-order valence-corrected chi connectivity index (χ2v) is 7.47. The molecule has 2 atom stereocenters. The van der Waals surface area contributed by atoms with E-state index >= 15 is 0 Å². The van der Waals surface area contributed by atoms with Crippen LogP contribution in [0.1, 0.15) is 36.8 Å². The molecule has 2 aliphatic rings.